The van der Waals surface area contributed by atoms with Crippen molar-refractivity contribution in [2.24, 2.45) is 0 Å². The van der Waals surface area contributed by atoms with Gasteiger partial charge in [0, 0.05) is 56.3 Å². The Balaban J connectivity index is 1.89. The summed E-state index contributed by atoms with van der Waals surface area (Å²) in [6, 6.07) is 9.53. The minimum atomic E-state index is -0.646. The van der Waals surface area contributed by atoms with E-state index >= 15 is 0 Å². The predicted octanol–water partition coefficient (Wildman–Crippen LogP) is 1.92. The lowest BCUT2D eigenvalue weighted by Gasteiger charge is -2.30. The zero-order chi connectivity index (χ0) is 16.5. The van der Waals surface area contributed by atoms with Crippen LogP contribution in [0.3, 0.4) is 0 Å². The third-order valence-corrected chi connectivity index (χ3v) is 4.42. The third-order valence-electron chi connectivity index (χ3n) is 4.07. The summed E-state index contributed by atoms with van der Waals surface area (Å²) >= 11 is 6.15. The number of halogens is 1. The summed E-state index contributed by atoms with van der Waals surface area (Å²) in [4.78, 5) is 4.48. The fraction of sp³-hybridized carbons (Fsp3) is 0.588. The van der Waals surface area contributed by atoms with Crippen LogP contribution >= 0.6 is 11.6 Å². The lowest BCUT2D eigenvalue weighted by molar-refractivity contribution is 0.0300. The molecule has 1 unspecified atom stereocenters. The van der Waals surface area contributed by atoms with Crippen molar-refractivity contribution in [3.8, 4) is 6.07 Å². The number of hydrogen-bond acceptors (Lipinski definition) is 5. The molecule has 1 aromatic rings. The standard InChI is InChI=1S/C17H24ClN3O2/c18-16-5-2-1-4-15(16)17(22)14-21(7-3-6-19)9-8-20-10-12-23-13-11-20/h1-2,4-5,17,22H,3,7-14H2. The van der Waals surface area contributed by atoms with Gasteiger partial charge in [0.25, 0.3) is 0 Å². The fourth-order valence-electron chi connectivity index (χ4n) is 2.70. The second-order valence-corrected chi connectivity index (χ2v) is 6.11. The Hall–Kier alpha value is -1.16. The molecular weight excluding hydrogens is 314 g/mol. The molecule has 0 aromatic heterocycles. The Kier molecular flexibility index (Phi) is 7.80. The Morgan fingerprint density at radius 1 is 1.30 bits per heavy atom. The number of nitriles is 1. The highest BCUT2D eigenvalue weighted by molar-refractivity contribution is 6.31. The summed E-state index contributed by atoms with van der Waals surface area (Å²) in [5, 5.41) is 19.9. The molecular formula is C17H24ClN3O2. The molecule has 6 heteroatoms. The van der Waals surface area contributed by atoms with E-state index in [1.54, 1.807) is 6.07 Å². The molecule has 0 amide bonds. The van der Waals surface area contributed by atoms with Crippen molar-refractivity contribution < 1.29 is 9.84 Å². The highest BCUT2D eigenvalue weighted by Crippen LogP contribution is 2.23. The lowest BCUT2D eigenvalue weighted by Crippen LogP contribution is -2.42. The van der Waals surface area contributed by atoms with Crippen LogP contribution in [0.15, 0.2) is 24.3 Å². The van der Waals surface area contributed by atoms with E-state index in [9.17, 15) is 5.11 Å². The molecule has 2 rings (SSSR count). The Morgan fingerprint density at radius 3 is 2.74 bits per heavy atom. The molecule has 1 aliphatic rings. The number of hydrogen-bond donors (Lipinski definition) is 1. The van der Waals surface area contributed by atoms with E-state index in [0.717, 1.165) is 45.0 Å². The number of morpholine rings is 1. The normalized spacial score (nSPS) is 17.1. The van der Waals surface area contributed by atoms with Crippen molar-refractivity contribution in [3.05, 3.63) is 34.9 Å². The maximum atomic E-state index is 10.5. The molecule has 23 heavy (non-hydrogen) atoms. The van der Waals surface area contributed by atoms with E-state index < -0.39 is 6.10 Å². The third kappa shape index (κ3) is 6.09. The molecule has 1 saturated heterocycles. The van der Waals surface area contributed by atoms with Gasteiger partial charge in [-0.1, -0.05) is 29.8 Å². The largest absolute Gasteiger partial charge is 0.387 e. The highest BCUT2D eigenvalue weighted by Gasteiger charge is 2.17. The van der Waals surface area contributed by atoms with Crippen LogP contribution in [0.4, 0.5) is 0 Å². The van der Waals surface area contributed by atoms with E-state index in [2.05, 4.69) is 15.9 Å². The van der Waals surface area contributed by atoms with Crippen LogP contribution in [0.1, 0.15) is 18.1 Å². The minimum Gasteiger partial charge on any atom is -0.387 e. The van der Waals surface area contributed by atoms with Crippen molar-refractivity contribution in [3.63, 3.8) is 0 Å². The van der Waals surface area contributed by atoms with Crippen LogP contribution in [0.5, 0.6) is 0 Å². The van der Waals surface area contributed by atoms with Gasteiger partial charge in [-0.15, -0.1) is 0 Å². The van der Waals surface area contributed by atoms with Crippen LogP contribution in [0.25, 0.3) is 0 Å². The highest BCUT2D eigenvalue weighted by atomic mass is 35.5. The van der Waals surface area contributed by atoms with Crippen LogP contribution in [-0.2, 0) is 4.74 Å². The summed E-state index contributed by atoms with van der Waals surface area (Å²) in [6.45, 7) is 6.32. The first kappa shape index (κ1) is 18.2. The summed E-state index contributed by atoms with van der Waals surface area (Å²) < 4.78 is 5.35. The number of aliphatic hydroxyl groups excluding tert-OH is 1. The zero-order valence-corrected chi connectivity index (χ0v) is 14.1. The van der Waals surface area contributed by atoms with Gasteiger partial charge in [0.15, 0.2) is 0 Å². The zero-order valence-electron chi connectivity index (χ0n) is 13.3. The predicted molar refractivity (Wildman–Crippen MR) is 90.3 cm³/mol. The number of aliphatic hydroxyl groups is 1. The summed E-state index contributed by atoms with van der Waals surface area (Å²) in [5.74, 6) is 0. The van der Waals surface area contributed by atoms with E-state index in [0.29, 0.717) is 24.5 Å². The molecule has 1 heterocycles. The summed E-state index contributed by atoms with van der Waals surface area (Å²) in [6.07, 6.45) is -0.190. The van der Waals surface area contributed by atoms with Crippen LogP contribution in [0, 0.1) is 11.3 Å². The molecule has 0 saturated carbocycles. The van der Waals surface area contributed by atoms with Gasteiger partial charge in [0.1, 0.15) is 0 Å². The van der Waals surface area contributed by atoms with E-state index in [4.69, 9.17) is 21.6 Å². The topological polar surface area (TPSA) is 59.7 Å². The van der Waals surface area contributed by atoms with Gasteiger partial charge in [-0.3, -0.25) is 9.80 Å². The van der Waals surface area contributed by atoms with Gasteiger partial charge >= 0.3 is 0 Å². The molecule has 1 atom stereocenters. The SMILES string of the molecule is N#CCCN(CCN1CCOCC1)CC(O)c1ccccc1Cl. The van der Waals surface area contributed by atoms with Gasteiger partial charge in [-0.05, 0) is 6.07 Å². The van der Waals surface area contributed by atoms with Gasteiger partial charge in [0.2, 0.25) is 0 Å². The number of benzene rings is 1. The first-order valence-electron chi connectivity index (χ1n) is 8.02. The molecule has 1 aromatic carbocycles. The maximum Gasteiger partial charge on any atom is 0.0931 e. The van der Waals surface area contributed by atoms with Gasteiger partial charge < -0.3 is 9.84 Å². The minimum absolute atomic E-state index is 0.457. The smallest absolute Gasteiger partial charge is 0.0931 e. The van der Waals surface area contributed by atoms with Crippen LogP contribution in [-0.4, -0.2) is 67.4 Å². The number of nitrogens with zero attached hydrogens (tertiary/aromatic N) is 3. The van der Waals surface area contributed by atoms with Crippen molar-refractivity contribution in [2.75, 3.05) is 52.5 Å². The van der Waals surface area contributed by atoms with E-state index in [1.807, 2.05) is 18.2 Å². The van der Waals surface area contributed by atoms with Crippen molar-refractivity contribution >= 4 is 11.6 Å². The Labute approximate surface area is 143 Å². The lowest BCUT2D eigenvalue weighted by atomic mass is 10.1. The molecule has 0 bridgehead atoms. The second kappa shape index (κ2) is 9.86. The molecule has 1 aliphatic heterocycles. The average Bonchev–Trinajstić information content (AvgIpc) is 2.58. The van der Waals surface area contributed by atoms with Gasteiger partial charge in [-0.2, -0.15) is 5.26 Å². The summed E-state index contributed by atoms with van der Waals surface area (Å²) in [5.41, 5.74) is 0.738. The van der Waals surface area contributed by atoms with Crippen molar-refractivity contribution in [1.29, 1.82) is 5.26 Å². The average molecular weight is 338 g/mol. The first-order chi connectivity index (χ1) is 11.2. The molecule has 1 N–H and O–H groups in total. The molecule has 126 valence electrons. The van der Waals surface area contributed by atoms with Crippen LogP contribution < -0.4 is 0 Å². The second-order valence-electron chi connectivity index (χ2n) is 5.70. The van der Waals surface area contributed by atoms with Crippen LogP contribution in [0.2, 0.25) is 5.02 Å². The number of ether oxygens (including phenoxy) is 1. The molecule has 1 fully saturated rings. The number of rotatable bonds is 8. The van der Waals surface area contributed by atoms with Crippen molar-refractivity contribution in [1.82, 2.24) is 9.80 Å². The molecule has 0 radical (unpaired) electrons. The first-order valence-corrected chi connectivity index (χ1v) is 8.40. The monoisotopic (exact) mass is 337 g/mol. The fourth-order valence-corrected chi connectivity index (χ4v) is 2.96. The van der Waals surface area contributed by atoms with Gasteiger partial charge in [0.05, 0.1) is 25.4 Å². The Morgan fingerprint density at radius 2 is 2.04 bits per heavy atom. The quantitative estimate of drug-likeness (QED) is 0.785. The van der Waals surface area contributed by atoms with E-state index in [-0.39, 0.29) is 0 Å². The summed E-state index contributed by atoms with van der Waals surface area (Å²) in [7, 11) is 0. The maximum absolute atomic E-state index is 10.5. The molecule has 0 spiro atoms. The molecule has 5 nitrogen and oxygen atoms in total. The van der Waals surface area contributed by atoms with Crippen molar-refractivity contribution in [2.45, 2.75) is 12.5 Å². The van der Waals surface area contributed by atoms with Gasteiger partial charge in [-0.25, -0.2) is 0 Å². The Bertz CT molecular complexity index is 515. The molecule has 0 aliphatic carbocycles. The van der Waals surface area contributed by atoms with E-state index in [1.165, 1.54) is 0 Å².